The van der Waals surface area contributed by atoms with Gasteiger partial charge in [0.05, 0.1) is 16.7 Å². The number of aromatic nitrogens is 1. The first-order chi connectivity index (χ1) is 33.8. The van der Waals surface area contributed by atoms with Gasteiger partial charge in [-0.2, -0.15) is 0 Å². The molecular weight excluding hydrogens is 821 g/mol. The molecule has 0 saturated carbocycles. The number of hydrogen-bond acceptors (Lipinski definition) is 1. The molecule has 0 aliphatic carbocycles. The predicted molar refractivity (Wildman–Crippen MR) is 288 cm³/mol. The average molecular weight is 867 g/mol. The van der Waals surface area contributed by atoms with Gasteiger partial charge < -0.3 is 9.47 Å². The Morgan fingerprint density at radius 2 is 0.735 bits per heavy atom. The normalized spacial score (nSPS) is 11.2. The highest BCUT2D eigenvalue weighted by atomic mass is 15.1. The lowest BCUT2D eigenvalue weighted by Gasteiger charge is -2.29. The molecule has 2 nitrogen and oxygen atoms in total. The number of benzene rings is 11. The van der Waals surface area contributed by atoms with Crippen molar-refractivity contribution in [2.75, 3.05) is 4.90 Å². The van der Waals surface area contributed by atoms with Gasteiger partial charge in [0.25, 0.3) is 0 Å². The minimum Gasteiger partial charge on any atom is -0.310 e. The summed E-state index contributed by atoms with van der Waals surface area (Å²) in [4.78, 5) is 2.44. The molecule has 12 aromatic rings. The highest BCUT2D eigenvalue weighted by Gasteiger charge is 2.23. The summed E-state index contributed by atoms with van der Waals surface area (Å²) in [6.07, 6.45) is 0. The van der Waals surface area contributed by atoms with E-state index in [1.54, 1.807) is 0 Å². The molecule has 68 heavy (non-hydrogen) atoms. The van der Waals surface area contributed by atoms with Crippen LogP contribution in [0.4, 0.5) is 17.1 Å². The van der Waals surface area contributed by atoms with Gasteiger partial charge >= 0.3 is 0 Å². The Bertz CT molecular complexity index is 3710. The number of hydrogen-bond donors (Lipinski definition) is 0. The molecule has 2 heteroatoms. The van der Waals surface area contributed by atoms with Crippen LogP contribution in [0.1, 0.15) is 0 Å². The van der Waals surface area contributed by atoms with E-state index in [0.29, 0.717) is 0 Å². The van der Waals surface area contributed by atoms with Crippen LogP contribution in [0.2, 0.25) is 0 Å². The molecule has 0 spiro atoms. The van der Waals surface area contributed by atoms with Crippen LogP contribution in [0.15, 0.2) is 279 Å². The van der Waals surface area contributed by atoms with E-state index < -0.39 is 0 Å². The van der Waals surface area contributed by atoms with Crippen molar-refractivity contribution in [3.05, 3.63) is 279 Å². The van der Waals surface area contributed by atoms with Crippen molar-refractivity contribution >= 4 is 38.9 Å². The maximum Gasteiger partial charge on any atom is 0.0541 e. The predicted octanol–water partition coefficient (Wildman–Crippen LogP) is 18.3. The molecule has 12 rings (SSSR count). The highest BCUT2D eigenvalue weighted by Crippen LogP contribution is 2.49. The first-order valence-electron chi connectivity index (χ1n) is 23.3. The number of anilines is 3. The van der Waals surface area contributed by atoms with E-state index in [1.165, 1.54) is 71.9 Å². The van der Waals surface area contributed by atoms with Crippen molar-refractivity contribution in [3.8, 4) is 72.4 Å². The molecule has 0 amide bonds. The van der Waals surface area contributed by atoms with Gasteiger partial charge in [-0.05, 0) is 122 Å². The second-order valence-corrected chi connectivity index (χ2v) is 17.2. The third kappa shape index (κ3) is 7.45. The summed E-state index contributed by atoms with van der Waals surface area (Å²) in [6.45, 7) is 0. The summed E-state index contributed by atoms with van der Waals surface area (Å²) < 4.78 is 2.38. The molecule has 0 saturated heterocycles. The summed E-state index contributed by atoms with van der Waals surface area (Å²) in [6, 6.07) is 101. The largest absolute Gasteiger partial charge is 0.310 e. The fourth-order valence-electron chi connectivity index (χ4n) is 10.1. The van der Waals surface area contributed by atoms with E-state index in [0.717, 1.165) is 39.4 Å². The third-order valence-electron chi connectivity index (χ3n) is 13.2. The van der Waals surface area contributed by atoms with Gasteiger partial charge in [-0.15, -0.1) is 0 Å². The summed E-state index contributed by atoms with van der Waals surface area (Å²) in [7, 11) is 0. The average Bonchev–Trinajstić information content (AvgIpc) is 3.76. The second kappa shape index (κ2) is 17.8. The topological polar surface area (TPSA) is 8.17 Å². The Morgan fingerprint density at radius 1 is 0.250 bits per heavy atom. The second-order valence-electron chi connectivity index (χ2n) is 17.2. The van der Waals surface area contributed by atoms with Gasteiger partial charge in [-0.1, -0.05) is 218 Å². The van der Waals surface area contributed by atoms with E-state index in [-0.39, 0.29) is 0 Å². The van der Waals surface area contributed by atoms with Crippen molar-refractivity contribution in [2.45, 2.75) is 0 Å². The van der Waals surface area contributed by atoms with E-state index in [9.17, 15) is 0 Å². The lowest BCUT2D eigenvalue weighted by atomic mass is 9.84. The molecule has 0 bridgehead atoms. The molecular formula is C66H46N2. The Labute approximate surface area is 397 Å². The van der Waals surface area contributed by atoms with Crippen molar-refractivity contribution in [2.24, 2.45) is 0 Å². The van der Waals surface area contributed by atoms with Crippen LogP contribution in [0.5, 0.6) is 0 Å². The molecule has 1 heterocycles. The first-order valence-corrected chi connectivity index (χ1v) is 23.3. The van der Waals surface area contributed by atoms with Crippen LogP contribution < -0.4 is 4.90 Å². The van der Waals surface area contributed by atoms with Crippen LogP contribution in [0, 0.1) is 0 Å². The number of fused-ring (bicyclic) bond motifs is 3. The molecule has 0 unspecified atom stereocenters. The molecule has 0 aliphatic heterocycles. The lowest BCUT2D eigenvalue weighted by molar-refractivity contribution is 1.18. The quantitative estimate of drug-likeness (QED) is 0.133. The summed E-state index contributed by atoms with van der Waals surface area (Å²) in [5.74, 6) is 0. The summed E-state index contributed by atoms with van der Waals surface area (Å²) in [5.41, 5.74) is 20.9. The first kappa shape index (κ1) is 40.5. The minimum atomic E-state index is 1.07. The molecule has 11 aromatic carbocycles. The molecule has 0 atom stereocenters. The fourth-order valence-corrected chi connectivity index (χ4v) is 10.1. The molecule has 0 fully saturated rings. The molecule has 1 aromatic heterocycles. The standard InChI is InChI=1S/C66H46N2/c1-5-21-47(22-6-1)48-39-42-54(43-40-48)67(55-30-19-27-51(45-55)52-41-44-65-62(46-52)59-33-16-18-38-64(59)68(65)53-28-11-4-12-29-53)63-37-17-15-32-58(63)61-36-20-35-57(50-25-9-3-10-26-50)66(61)60-34-14-13-31-56(60)49-23-7-2-8-24-49/h1-46H. The highest BCUT2D eigenvalue weighted by molar-refractivity contribution is 6.10. The van der Waals surface area contributed by atoms with Crippen molar-refractivity contribution in [1.29, 1.82) is 0 Å². The lowest BCUT2D eigenvalue weighted by Crippen LogP contribution is -2.11. The smallest absolute Gasteiger partial charge is 0.0541 e. The zero-order chi connectivity index (χ0) is 45.2. The zero-order valence-electron chi connectivity index (χ0n) is 37.5. The number of nitrogens with zero attached hydrogens (tertiary/aromatic N) is 2. The van der Waals surface area contributed by atoms with Crippen molar-refractivity contribution in [3.63, 3.8) is 0 Å². The monoisotopic (exact) mass is 866 g/mol. The van der Waals surface area contributed by atoms with Gasteiger partial charge in [0.15, 0.2) is 0 Å². The zero-order valence-corrected chi connectivity index (χ0v) is 37.5. The van der Waals surface area contributed by atoms with E-state index in [2.05, 4.69) is 289 Å². The number of para-hydroxylation sites is 3. The fraction of sp³-hybridized carbons (Fsp3) is 0. The van der Waals surface area contributed by atoms with E-state index >= 15 is 0 Å². The van der Waals surface area contributed by atoms with E-state index in [4.69, 9.17) is 0 Å². The van der Waals surface area contributed by atoms with Crippen LogP contribution in [0.3, 0.4) is 0 Å². The Balaban J connectivity index is 1.06. The van der Waals surface area contributed by atoms with Crippen molar-refractivity contribution < 1.29 is 0 Å². The van der Waals surface area contributed by atoms with Gasteiger partial charge in [-0.3, -0.25) is 0 Å². The molecule has 0 radical (unpaired) electrons. The van der Waals surface area contributed by atoms with Crippen LogP contribution >= 0.6 is 0 Å². The van der Waals surface area contributed by atoms with Crippen LogP contribution in [-0.4, -0.2) is 4.57 Å². The Morgan fingerprint density at radius 3 is 1.47 bits per heavy atom. The van der Waals surface area contributed by atoms with Gasteiger partial charge in [0.2, 0.25) is 0 Å². The molecule has 0 N–H and O–H groups in total. The van der Waals surface area contributed by atoms with Crippen molar-refractivity contribution in [1.82, 2.24) is 4.57 Å². The summed E-state index contributed by atoms with van der Waals surface area (Å²) >= 11 is 0. The Hall–Kier alpha value is -8.98. The molecule has 0 aliphatic rings. The molecule has 320 valence electrons. The van der Waals surface area contributed by atoms with E-state index in [1.807, 2.05) is 0 Å². The van der Waals surface area contributed by atoms with Gasteiger partial charge in [-0.25, -0.2) is 0 Å². The SMILES string of the molecule is c1ccc(-c2ccc(N(c3cccc(-c4ccc5c(c4)c4ccccc4n5-c4ccccc4)c3)c3ccccc3-c3cccc(-c4ccccc4)c3-c3ccccc3-c3ccccc3)cc2)cc1. The van der Waals surface area contributed by atoms with Gasteiger partial charge in [0, 0.05) is 33.4 Å². The van der Waals surface area contributed by atoms with Crippen LogP contribution in [0.25, 0.3) is 94.3 Å². The van der Waals surface area contributed by atoms with Gasteiger partial charge in [0.1, 0.15) is 0 Å². The van der Waals surface area contributed by atoms with Crippen LogP contribution in [-0.2, 0) is 0 Å². The maximum atomic E-state index is 2.44. The summed E-state index contributed by atoms with van der Waals surface area (Å²) in [5, 5.41) is 2.47. The Kier molecular flexibility index (Phi) is 10.6. The third-order valence-corrected chi connectivity index (χ3v) is 13.2. The number of rotatable bonds is 10. The minimum absolute atomic E-state index is 1.07. The maximum absolute atomic E-state index is 2.44.